The molecule has 1 aliphatic heterocycles. The molecule has 2 atom stereocenters. The average molecular weight is 296 g/mol. The number of nitrogens with one attached hydrogen (secondary N) is 1. The Hall–Kier alpha value is -1.27. The molecule has 1 aromatic rings. The van der Waals surface area contributed by atoms with E-state index in [1.165, 1.54) is 6.07 Å². The van der Waals surface area contributed by atoms with E-state index in [4.69, 9.17) is 10.5 Å². The summed E-state index contributed by atoms with van der Waals surface area (Å²) in [5, 5.41) is 0. The van der Waals surface area contributed by atoms with Gasteiger partial charge in [-0.2, -0.15) is 0 Å². The lowest BCUT2D eigenvalue weighted by atomic mass is 10.1. The molecule has 0 spiro atoms. The Morgan fingerprint density at radius 3 is 2.95 bits per heavy atom. The molecule has 3 rings (SSSR count). The molecule has 1 saturated carbocycles. The number of fused-ring (bicyclic) bond motifs is 1. The molecule has 5 nitrogen and oxygen atoms in total. The summed E-state index contributed by atoms with van der Waals surface area (Å²) < 4.78 is 33.4. The number of nitrogen functional groups attached to an aromatic ring is 1. The van der Waals surface area contributed by atoms with Gasteiger partial charge in [-0.1, -0.05) is 13.3 Å². The van der Waals surface area contributed by atoms with Gasteiger partial charge in [-0.25, -0.2) is 13.1 Å². The summed E-state index contributed by atoms with van der Waals surface area (Å²) in [7, 11) is -3.56. The van der Waals surface area contributed by atoms with Crippen molar-refractivity contribution in [1.29, 1.82) is 0 Å². The topological polar surface area (TPSA) is 81.4 Å². The normalized spacial score (nSPS) is 24.9. The Morgan fingerprint density at radius 2 is 2.25 bits per heavy atom. The lowest BCUT2D eigenvalue weighted by molar-refractivity contribution is 0.280. The number of ether oxygens (including phenoxy) is 1. The number of rotatable bonds is 4. The third kappa shape index (κ3) is 2.50. The Kier molecular flexibility index (Phi) is 3.38. The summed E-state index contributed by atoms with van der Waals surface area (Å²) in [4.78, 5) is 0.189. The zero-order valence-corrected chi connectivity index (χ0v) is 12.4. The molecular formula is C14H20N2O3S. The average Bonchev–Trinajstić information content (AvgIpc) is 3.15. The van der Waals surface area contributed by atoms with Crippen molar-refractivity contribution in [1.82, 2.24) is 4.72 Å². The molecule has 6 heteroatoms. The molecule has 0 amide bonds. The van der Waals surface area contributed by atoms with Gasteiger partial charge < -0.3 is 10.5 Å². The third-order valence-corrected chi connectivity index (χ3v) is 5.53. The van der Waals surface area contributed by atoms with Crippen LogP contribution in [0.25, 0.3) is 0 Å². The maximum atomic E-state index is 12.5. The summed E-state index contributed by atoms with van der Waals surface area (Å²) in [6.45, 7) is 2.63. The van der Waals surface area contributed by atoms with E-state index in [2.05, 4.69) is 11.6 Å². The van der Waals surface area contributed by atoms with Crippen LogP contribution in [0.2, 0.25) is 0 Å². The predicted octanol–water partition coefficient (Wildman–Crippen LogP) is 1.67. The first kappa shape index (κ1) is 13.7. The van der Waals surface area contributed by atoms with Crippen molar-refractivity contribution < 1.29 is 13.2 Å². The summed E-state index contributed by atoms with van der Waals surface area (Å²) >= 11 is 0. The minimum atomic E-state index is -3.56. The Labute approximate surface area is 119 Å². The molecule has 1 aromatic carbocycles. The van der Waals surface area contributed by atoms with Crippen molar-refractivity contribution in [3.63, 3.8) is 0 Å². The minimum Gasteiger partial charge on any atom is -0.492 e. The molecule has 2 unspecified atom stereocenters. The van der Waals surface area contributed by atoms with E-state index < -0.39 is 10.0 Å². The largest absolute Gasteiger partial charge is 0.492 e. The fraction of sp³-hybridized carbons (Fsp3) is 0.571. The molecule has 1 heterocycles. The maximum Gasteiger partial charge on any atom is 0.244 e. The smallest absolute Gasteiger partial charge is 0.244 e. The van der Waals surface area contributed by atoms with Crippen molar-refractivity contribution in [3.8, 4) is 5.75 Å². The van der Waals surface area contributed by atoms with E-state index in [0.29, 0.717) is 24.0 Å². The summed E-state index contributed by atoms with van der Waals surface area (Å²) in [6, 6.07) is 3.36. The van der Waals surface area contributed by atoms with Gasteiger partial charge in [0.2, 0.25) is 10.0 Å². The monoisotopic (exact) mass is 296 g/mol. The van der Waals surface area contributed by atoms with Crippen molar-refractivity contribution in [2.75, 3.05) is 12.3 Å². The van der Waals surface area contributed by atoms with Crippen molar-refractivity contribution in [3.05, 3.63) is 17.7 Å². The number of aryl methyl sites for hydroxylation is 1. The van der Waals surface area contributed by atoms with Gasteiger partial charge in [0.25, 0.3) is 0 Å². The van der Waals surface area contributed by atoms with Crippen molar-refractivity contribution in [2.24, 2.45) is 5.92 Å². The number of benzene rings is 1. The lowest BCUT2D eigenvalue weighted by Crippen LogP contribution is -2.28. The highest BCUT2D eigenvalue weighted by atomic mass is 32.2. The second-order valence-corrected chi connectivity index (χ2v) is 7.27. The van der Waals surface area contributed by atoms with Gasteiger partial charge in [0.05, 0.1) is 6.61 Å². The van der Waals surface area contributed by atoms with Crippen LogP contribution < -0.4 is 15.2 Å². The van der Waals surface area contributed by atoms with Gasteiger partial charge >= 0.3 is 0 Å². The van der Waals surface area contributed by atoms with Gasteiger partial charge in [-0.3, -0.25) is 0 Å². The van der Waals surface area contributed by atoms with Crippen LogP contribution in [0, 0.1) is 5.92 Å². The first-order valence-corrected chi connectivity index (χ1v) is 8.57. The maximum absolute atomic E-state index is 12.5. The van der Waals surface area contributed by atoms with Crippen LogP contribution in [0.4, 0.5) is 5.69 Å². The highest BCUT2D eigenvalue weighted by Gasteiger charge is 2.39. The van der Waals surface area contributed by atoms with Gasteiger partial charge in [0, 0.05) is 11.7 Å². The lowest BCUT2D eigenvalue weighted by Gasteiger charge is -2.21. The standard InChI is InChI=1S/C14H20N2O3S/c1-2-9-7-12(9)16-20(17,18)13-8-11(15)6-10-4-3-5-19-14(10)13/h6,8-9,12,16H,2-5,7,15H2,1H3. The summed E-state index contributed by atoms with van der Waals surface area (Å²) in [6.07, 6.45) is 3.62. The zero-order chi connectivity index (χ0) is 14.3. The van der Waals surface area contributed by atoms with Gasteiger partial charge in [-0.05, 0) is 42.9 Å². The highest BCUT2D eigenvalue weighted by molar-refractivity contribution is 7.89. The van der Waals surface area contributed by atoms with Crippen LogP contribution in [-0.4, -0.2) is 21.1 Å². The number of nitrogens with two attached hydrogens (primary N) is 1. The van der Waals surface area contributed by atoms with Crippen molar-refractivity contribution >= 4 is 15.7 Å². The van der Waals surface area contributed by atoms with E-state index in [1.807, 2.05) is 0 Å². The van der Waals surface area contributed by atoms with Crippen LogP contribution in [0.15, 0.2) is 17.0 Å². The van der Waals surface area contributed by atoms with Gasteiger partial charge in [-0.15, -0.1) is 0 Å². The van der Waals surface area contributed by atoms with Crippen molar-refractivity contribution in [2.45, 2.75) is 43.5 Å². The van der Waals surface area contributed by atoms with Crippen LogP contribution in [0.1, 0.15) is 31.7 Å². The quantitative estimate of drug-likeness (QED) is 0.828. The Bertz CT molecular complexity index is 628. The second-order valence-electron chi connectivity index (χ2n) is 5.59. The highest BCUT2D eigenvalue weighted by Crippen LogP contribution is 2.38. The molecule has 0 radical (unpaired) electrons. The van der Waals surface area contributed by atoms with Gasteiger partial charge in [0.15, 0.2) is 0 Å². The number of hydrogen-bond acceptors (Lipinski definition) is 4. The van der Waals surface area contributed by atoms with Gasteiger partial charge in [0.1, 0.15) is 10.6 Å². The molecule has 1 fully saturated rings. The number of sulfonamides is 1. The molecule has 2 aliphatic rings. The molecule has 0 bridgehead atoms. The molecule has 20 heavy (non-hydrogen) atoms. The molecule has 3 N–H and O–H groups in total. The van der Waals surface area contributed by atoms with Crippen LogP contribution >= 0.6 is 0 Å². The van der Waals surface area contributed by atoms with E-state index in [9.17, 15) is 8.42 Å². The first-order chi connectivity index (χ1) is 9.51. The molecule has 1 aliphatic carbocycles. The van der Waals surface area contributed by atoms with E-state index in [1.54, 1.807) is 6.07 Å². The first-order valence-electron chi connectivity index (χ1n) is 7.09. The second kappa shape index (κ2) is 4.93. The Balaban J connectivity index is 1.94. The van der Waals surface area contributed by atoms with Crippen LogP contribution in [-0.2, 0) is 16.4 Å². The zero-order valence-electron chi connectivity index (χ0n) is 11.6. The molecular weight excluding hydrogens is 276 g/mol. The summed E-state index contributed by atoms with van der Waals surface area (Å²) in [5.74, 6) is 0.939. The van der Waals surface area contributed by atoms with E-state index >= 15 is 0 Å². The fourth-order valence-corrected chi connectivity index (χ4v) is 4.31. The van der Waals surface area contributed by atoms with E-state index in [0.717, 1.165) is 31.2 Å². The van der Waals surface area contributed by atoms with E-state index in [-0.39, 0.29) is 10.9 Å². The number of hydrogen-bond donors (Lipinski definition) is 2. The molecule has 0 saturated heterocycles. The Morgan fingerprint density at radius 1 is 1.45 bits per heavy atom. The predicted molar refractivity (Wildman–Crippen MR) is 77.2 cm³/mol. The summed E-state index contributed by atoms with van der Waals surface area (Å²) in [5.41, 5.74) is 7.19. The third-order valence-electron chi connectivity index (χ3n) is 4.03. The van der Waals surface area contributed by atoms with Crippen LogP contribution in [0.5, 0.6) is 5.75 Å². The van der Waals surface area contributed by atoms with Crippen LogP contribution in [0.3, 0.4) is 0 Å². The SMILES string of the molecule is CCC1CC1NS(=O)(=O)c1cc(N)cc2c1OCCC2. The molecule has 0 aromatic heterocycles. The fourth-order valence-electron chi connectivity index (χ4n) is 2.78. The number of anilines is 1. The minimum absolute atomic E-state index is 0.0608. The molecule has 110 valence electrons.